The maximum atomic E-state index is 13.6. The van der Waals surface area contributed by atoms with Gasteiger partial charge in [0.2, 0.25) is 17.7 Å². The zero-order chi connectivity index (χ0) is 26.8. The van der Waals surface area contributed by atoms with E-state index >= 15 is 0 Å². The van der Waals surface area contributed by atoms with Crippen molar-refractivity contribution < 1.29 is 29.1 Å². The van der Waals surface area contributed by atoms with E-state index in [0.29, 0.717) is 19.3 Å². The number of rotatable bonds is 8. The lowest BCUT2D eigenvalue weighted by Gasteiger charge is -2.53. The highest BCUT2D eigenvalue weighted by atomic mass is 16.4. The number of aliphatic imine (C=N–C) groups is 1. The molecule has 0 aromatic heterocycles. The van der Waals surface area contributed by atoms with E-state index in [1.165, 1.54) is 4.90 Å². The Morgan fingerprint density at radius 1 is 1.05 bits per heavy atom. The van der Waals surface area contributed by atoms with Gasteiger partial charge in [-0.05, 0) is 31.2 Å². The third-order valence-corrected chi connectivity index (χ3v) is 7.04. The number of hydrogen-bond acceptors (Lipinski definition) is 6. The molecular formula is C24H31N7O6. The monoisotopic (exact) mass is 513 g/mol. The van der Waals surface area contributed by atoms with Gasteiger partial charge >= 0.3 is 5.97 Å². The molecule has 1 aliphatic carbocycles. The van der Waals surface area contributed by atoms with Crippen LogP contribution in [0, 0.1) is 0 Å². The van der Waals surface area contributed by atoms with Crippen LogP contribution >= 0.6 is 0 Å². The van der Waals surface area contributed by atoms with Gasteiger partial charge in [-0.3, -0.25) is 29.0 Å². The SMILES string of the molecule is NC(N)=NCCC[C@@H]1NC(=O)C2(CC2)N2C[C@](Cc3ccccc3)(NC(=O)[C@H](CC(=O)O)NC1=O)C2=O. The summed E-state index contributed by atoms with van der Waals surface area (Å²) < 4.78 is 0. The maximum absolute atomic E-state index is 13.6. The number of carboxylic acid groups (broad SMARTS) is 1. The molecule has 8 N–H and O–H groups in total. The molecule has 37 heavy (non-hydrogen) atoms. The predicted molar refractivity (Wildman–Crippen MR) is 131 cm³/mol. The number of amides is 4. The molecule has 1 aromatic carbocycles. The van der Waals surface area contributed by atoms with Crippen molar-refractivity contribution in [2.75, 3.05) is 13.1 Å². The smallest absolute Gasteiger partial charge is 0.305 e. The van der Waals surface area contributed by atoms with E-state index < -0.39 is 59.2 Å². The van der Waals surface area contributed by atoms with Crippen LogP contribution in [0.5, 0.6) is 0 Å². The zero-order valence-electron chi connectivity index (χ0n) is 20.2. The highest BCUT2D eigenvalue weighted by molar-refractivity contribution is 6.05. The summed E-state index contributed by atoms with van der Waals surface area (Å²) in [7, 11) is 0. The van der Waals surface area contributed by atoms with Gasteiger partial charge < -0.3 is 37.4 Å². The third kappa shape index (κ3) is 5.34. The van der Waals surface area contributed by atoms with Crippen molar-refractivity contribution in [2.45, 2.75) is 61.7 Å². The minimum Gasteiger partial charge on any atom is -0.481 e. The highest BCUT2D eigenvalue weighted by Gasteiger charge is 2.67. The van der Waals surface area contributed by atoms with Gasteiger partial charge in [0.15, 0.2) is 5.96 Å². The van der Waals surface area contributed by atoms with E-state index in [1.807, 2.05) is 18.2 Å². The fraction of sp³-hybridized carbons (Fsp3) is 0.500. The highest BCUT2D eigenvalue weighted by Crippen LogP contribution is 2.48. The number of carbonyl (C=O) groups is 5. The number of fused-ring (bicyclic) bond motifs is 7. The summed E-state index contributed by atoms with van der Waals surface area (Å²) in [5.41, 5.74) is 9.02. The van der Waals surface area contributed by atoms with Gasteiger partial charge in [-0.25, -0.2) is 0 Å². The molecule has 5 rings (SSSR count). The first-order valence-electron chi connectivity index (χ1n) is 12.1. The standard InChI is InChI=1S/C24H31N7O6/c25-22(26)27-10-4-7-15-18(34)28-16(11-17(32)33)19(35)30-23(12-14-5-2-1-3-6-14)13-31(21(23)37)24(8-9-24)20(36)29-15/h1-3,5-6,15-16H,4,7-13H2,(H,28,34)(H,29,36)(H,30,35)(H,32,33)(H4,25,26,27)/t15-,16-,23-/m0/s1. The quantitative estimate of drug-likeness (QED) is 0.0749. The third-order valence-electron chi connectivity index (χ3n) is 7.04. The Kier molecular flexibility index (Phi) is 7.05. The molecular weight excluding hydrogens is 482 g/mol. The summed E-state index contributed by atoms with van der Waals surface area (Å²) >= 11 is 0. The van der Waals surface area contributed by atoms with Gasteiger partial charge in [0, 0.05) is 13.0 Å². The number of hydrogen-bond donors (Lipinski definition) is 6. The number of nitrogens with zero attached hydrogens (tertiary/aromatic N) is 2. The Hall–Kier alpha value is -4.16. The topological polar surface area (TPSA) is 209 Å². The first kappa shape index (κ1) is 25.9. The molecule has 3 aliphatic heterocycles. The van der Waals surface area contributed by atoms with Gasteiger partial charge in [0.05, 0.1) is 13.0 Å². The summed E-state index contributed by atoms with van der Waals surface area (Å²) in [6.07, 6.45) is 0.802. The van der Waals surface area contributed by atoms with Crippen LogP contribution in [0.1, 0.15) is 37.7 Å². The lowest BCUT2D eigenvalue weighted by Crippen LogP contribution is -2.80. The van der Waals surface area contributed by atoms with E-state index in [-0.39, 0.29) is 31.9 Å². The van der Waals surface area contributed by atoms with Crippen molar-refractivity contribution in [3.05, 3.63) is 35.9 Å². The van der Waals surface area contributed by atoms with E-state index in [2.05, 4.69) is 20.9 Å². The van der Waals surface area contributed by atoms with E-state index in [1.54, 1.807) is 12.1 Å². The summed E-state index contributed by atoms with van der Waals surface area (Å²) in [5, 5.41) is 17.3. The minimum absolute atomic E-state index is 0.0861. The van der Waals surface area contributed by atoms with Gasteiger partial charge in [0.1, 0.15) is 23.2 Å². The molecule has 2 bridgehead atoms. The average Bonchev–Trinajstić information content (AvgIpc) is 3.64. The summed E-state index contributed by atoms with van der Waals surface area (Å²) in [6.45, 7) is 0.293. The Labute approximate surface area is 213 Å². The van der Waals surface area contributed by atoms with Crippen molar-refractivity contribution in [3.63, 3.8) is 0 Å². The van der Waals surface area contributed by atoms with Crippen LogP contribution in [-0.4, -0.2) is 81.8 Å². The molecule has 3 atom stereocenters. The fourth-order valence-electron chi connectivity index (χ4n) is 4.92. The number of benzene rings is 1. The first-order valence-corrected chi connectivity index (χ1v) is 12.1. The van der Waals surface area contributed by atoms with Gasteiger partial charge in [-0.15, -0.1) is 0 Å². The Bertz CT molecular complexity index is 1130. The van der Waals surface area contributed by atoms with Gasteiger partial charge in [-0.1, -0.05) is 30.3 Å². The Morgan fingerprint density at radius 2 is 1.76 bits per heavy atom. The van der Waals surface area contributed by atoms with E-state index in [0.717, 1.165) is 5.56 Å². The molecule has 1 aromatic rings. The normalized spacial score (nSPS) is 26.5. The molecule has 3 heterocycles. The number of carboxylic acids is 1. The number of guanidine groups is 1. The molecule has 4 aliphatic rings. The number of β-lactam (4-membered cyclic amide) rings is 1. The molecule has 0 unspecified atom stereocenters. The number of nitrogens with two attached hydrogens (primary N) is 2. The lowest BCUT2D eigenvalue weighted by atomic mass is 9.80. The first-order chi connectivity index (χ1) is 17.6. The Morgan fingerprint density at radius 3 is 2.35 bits per heavy atom. The van der Waals surface area contributed by atoms with Crippen LogP contribution in [0.4, 0.5) is 0 Å². The van der Waals surface area contributed by atoms with E-state index in [4.69, 9.17) is 11.5 Å². The van der Waals surface area contributed by atoms with Crippen molar-refractivity contribution in [2.24, 2.45) is 16.5 Å². The van der Waals surface area contributed by atoms with Crippen molar-refractivity contribution in [1.29, 1.82) is 0 Å². The van der Waals surface area contributed by atoms with Crippen LogP contribution in [0.3, 0.4) is 0 Å². The predicted octanol–water partition coefficient (Wildman–Crippen LogP) is -2.03. The average molecular weight is 514 g/mol. The van der Waals surface area contributed by atoms with Crippen molar-refractivity contribution in [3.8, 4) is 0 Å². The fourth-order valence-corrected chi connectivity index (χ4v) is 4.92. The molecule has 3 saturated heterocycles. The molecule has 4 fully saturated rings. The van der Waals surface area contributed by atoms with Crippen LogP contribution in [0.2, 0.25) is 0 Å². The molecule has 1 spiro atoms. The maximum Gasteiger partial charge on any atom is 0.305 e. The van der Waals surface area contributed by atoms with Crippen molar-refractivity contribution >= 4 is 35.6 Å². The second kappa shape index (κ2) is 10.1. The van der Waals surface area contributed by atoms with Crippen LogP contribution < -0.4 is 27.4 Å². The molecule has 4 amide bonds. The summed E-state index contributed by atoms with van der Waals surface area (Å²) in [5.74, 6) is -3.78. The molecule has 13 nitrogen and oxygen atoms in total. The molecule has 0 radical (unpaired) electrons. The van der Waals surface area contributed by atoms with Gasteiger partial charge in [-0.2, -0.15) is 0 Å². The molecule has 13 heteroatoms. The van der Waals surface area contributed by atoms with Gasteiger partial charge in [0.25, 0.3) is 5.91 Å². The zero-order valence-corrected chi connectivity index (χ0v) is 20.2. The van der Waals surface area contributed by atoms with Crippen LogP contribution in [0.15, 0.2) is 35.3 Å². The molecule has 1 saturated carbocycles. The number of nitrogens with one attached hydrogen (secondary N) is 3. The van der Waals surface area contributed by atoms with E-state index in [9.17, 15) is 29.1 Å². The second-order valence-electron chi connectivity index (χ2n) is 9.79. The summed E-state index contributed by atoms with van der Waals surface area (Å²) in [4.78, 5) is 70.2. The number of aliphatic carboxylic acids is 1. The van der Waals surface area contributed by atoms with Crippen molar-refractivity contribution in [1.82, 2.24) is 20.9 Å². The Balaban J connectivity index is 1.63. The second-order valence-corrected chi connectivity index (χ2v) is 9.79. The molecule has 198 valence electrons. The number of carbonyl (C=O) groups excluding carboxylic acids is 4. The lowest BCUT2D eigenvalue weighted by molar-refractivity contribution is -0.165. The largest absolute Gasteiger partial charge is 0.481 e. The van der Waals surface area contributed by atoms with Crippen LogP contribution in [0.25, 0.3) is 0 Å². The van der Waals surface area contributed by atoms with Crippen LogP contribution in [-0.2, 0) is 30.4 Å². The minimum atomic E-state index is -1.45. The summed E-state index contributed by atoms with van der Waals surface area (Å²) in [6, 6.07) is 6.54.